The summed E-state index contributed by atoms with van der Waals surface area (Å²) in [5.41, 5.74) is 7.46. The predicted octanol–water partition coefficient (Wildman–Crippen LogP) is 1.96. The Hall–Kier alpha value is -1.39. The van der Waals surface area contributed by atoms with Gasteiger partial charge in [-0.2, -0.15) is 0 Å². The number of nitrogens with two attached hydrogens (primary N) is 1. The number of hydrogen-bond donors (Lipinski definition) is 2. The zero-order valence-electron chi connectivity index (χ0n) is 11.6. The number of nitrogens with one attached hydrogen (secondary N) is 1. The lowest BCUT2D eigenvalue weighted by Crippen LogP contribution is -2.36. The molecule has 1 aliphatic rings. The average molecular weight is 261 g/mol. The van der Waals surface area contributed by atoms with Gasteiger partial charge in [0, 0.05) is 18.3 Å². The number of carbonyl (C=O) groups excluding carboxylic acids is 1. The van der Waals surface area contributed by atoms with Crippen LogP contribution in [0.5, 0.6) is 0 Å². The van der Waals surface area contributed by atoms with Crippen LogP contribution in [0.25, 0.3) is 0 Å². The molecule has 4 heteroatoms. The number of likely N-dealkylation sites (tertiary alicyclic amines) is 1. The van der Waals surface area contributed by atoms with Crippen molar-refractivity contribution < 1.29 is 4.79 Å². The molecule has 1 saturated heterocycles. The number of amides is 1. The molecule has 2 rings (SSSR count). The maximum Gasteiger partial charge on any atom is 0.238 e. The van der Waals surface area contributed by atoms with Gasteiger partial charge in [-0.3, -0.25) is 9.69 Å². The number of benzene rings is 1. The molecule has 0 bridgehead atoms. The van der Waals surface area contributed by atoms with Crippen LogP contribution in [0, 0.1) is 0 Å². The predicted molar refractivity (Wildman–Crippen MR) is 77.8 cm³/mol. The van der Waals surface area contributed by atoms with Gasteiger partial charge in [0.25, 0.3) is 0 Å². The number of carbonyl (C=O) groups is 1. The Morgan fingerprint density at radius 1 is 1.42 bits per heavy atom. The average Bonchev–Trinajstić information content (AvgIpc) is 2.86. The van der Waals surface area contributed by atoms with E-state index in [1.165, 1.54) is 12.8 Å². The van der Waals surface area contributed by atoms with Crippen molar-refractivity contribution >= 4 is 11.6 Å². The molecule has 19 heavy (non-hydrogen) atoms. The van der Waals surface area contributed by atoms with Crippen LogP contribution in [0.3, 0.4) is 0 Å². The highest BCUT2D eigenvalue weighted by Crippen LogP contribution is 2.19. The van der Waals surface area contributed by atoms with Gasteiger partial charge in [0.15, 0.2) is 0 Å². The topological polar surface area (TPSA) is 58.4 Å². The van der Waals surface area contributed by atoms with Crippen molar-refractivity contribution in [2.45, 2.75) is 38.8 Å². The SMILES string of the molecule is CCC1CCCN1CC(=O)Nc1ccc(CN)cc1. The molecule has 104 valence electrons. The molecule has 4 nitrogen and oxygen atoms in total. The molecule has 1 aromatic rings. The second kappa shape index (κ2) is 6.68. The smallest absolute Gasteiger partial charge is 0.238 e. The maximum atomic E-state index is 12.0. The van der Waals surface area contributed by atoms with Crippen LogP contribution in [0.2, 0.25) is 0 Å². The van der Waals surface area contributed by atoms with Gasteiger partial charge in [0.1, 0.15) is 0 Å². The first-order valence-corrected chi connectivity index (χ1v) is 7.06. The zero-order chi connectivity index (χ0) is 13.7. The van der Waals surface area contributed by atoms with Crippen LogP contribution in [0.15, 0.2) is 24.3 Å². The minimum absolute atomic E-state index is 0.0702. The van der Waals surface area contributed by atoms with Crippen molar-refractivity contribution in [3.05, 3.63) is 29.8 Å². The first-order chi connectivity index (χ1) is 9.22. The molecular weight excluding hydrogens is 238 g/mol. The van der Waals surface area contributed by atoms with Crippen LogP contribution in [0.1, 0.15) is 31.7 Å². The van der Waals surface area contributed by atoms with Crippen molar-refractivity contribution in [2.24, 2.45) is 5.73 Å². The minimum Gasteiger partial charge on any atom is -0.326 e. The molecule has 1 atom stereocenters. The lowest BCUT2D eigenvalue weighted by atomic mass is 10.2. The van der Waals surface area contributed by atoms with Crippen molar-refractivity contribution in [2.75, 3.05) is 18.4 Å². The first-order valence-electron chi connectivity index (χ1n) is 7.06. The van der Waals surface area contributed by atoms with Gasteiger partial charge in [-0.25, -0.2) is 0 Å². The summed E-state index contributed by atoms with van der Waals surface area (Å²) in [6.07, 6.45) is 3.55. The normalized spacial score (nSPS) is 19.6. The molecule has 1 heterocycles. The molecular formula is C15H23N3O. The molecule has 1 unspecified atom stereocenters. The Morgan fingerprint density at radius 2 is 2.16 bits per heavy atom. The summed E-state index contributed by atoms with van der Waals surface area (Å²) in [6, 6.07) is 8.27. The van der Waals surface area contributed by atoms with Gasteiger partial charge in [-0.05, 0) is 43.5 Å². The standard InChI is InChI=1S/C15H23N3O/c1-2-14-4-3-9-18(14)11-15(19)17-13-7-5-12(10-16)6-8-13/h5-8,14H,2-4,9-11,16H2,1H3,(H,17,19). The highest BCUT2D eigenvalue weighted by molar-refractivity contribution is 5.92. The minimum atomic E-state index is 0.0702. The van der Waals surface area contributed by atoms with E-state index in [1.54, 1.807) is 0 Å². The van der Waals surface area contributed by atoms with Gasteiger partial charge >= 0.3 is 0 Å². The number of anilines is 1. The highest BCUT2D eigenvalue weighted by atomic mass is 16.2. The molecule has 0 aromatic heterocycles. The zero-order valence-corrected chi connectivity index (χ0v) is 11.6. The monoisotopic (exact) mass is 261 g/mol. The summed E-state index contributed by atoms with van der Waals surface area (Å²) in [7, 11) is 0. The van der Waals surface area contributed by atoms with Crippen molar-refractivity contribution in [3.63, 3.8) is 0 Å². The van der Waals surface area contributed by atoms with Crippen molar-refractivity contribution in [1.82, 2.24) is 4.90 Å². The number of hydrogen-bond acceptors (Lipinski definition) is 3. The summed E-state index contributed by atoms with van der Waals surface area (Å²) < 4.78 is 0. The summed E-state index contributed by atoms with van der Waals surface area (Å²) in [5, 5.41) is 2.94. The van der Waals surface area contributed by atoms with Crippen LogP contribution in [-0.2, 0) is 11.3 Å². The fourth-order valence-electron chi connectivity index (χ4n) is 2.67. The molecule has 1 fully saturated rings. The number of rotatable bonds is 5. The summed E-state index contributed by atoms with van der Waals surface area (Å²) in [4.78, 5) is 14.3. The highest BCUT2D eigenvalue weighted by Gasteiger charge is 2.24. The molecule has 1 aromatic carbocycles. The Bertz CT molecular complexity index is 416. The van der Waals surface area contributed by atoms with E-state index in [4.69, 9.17) is 5.73 Å². The lowest BCUT2D eigenvalue weighted by Gasteiger charge is -2.22. The third-order valence-electron chi connectivity index (χ3n) is 3.79. The maximum absolute atomic E-state index is 12.0. The fourth-order valence-corrected chi connectivity index (χ4v) is 2.67. The van der Waals surface area contributed by atoms with E-state index in [0.717, 1.165) is 24.2 Å². The van der Waals surface area contributed by atoms with Crippen LogP contribution in [-0.4, -0.2) is 29.9 Å². The van der Waals surface area contributed by atoms with Gasteiger partial charge < -0.3 is 11.1 Å². The quantitative estimate of drug-likeness (QED) is 0.852. The second-order valence-corrected chi connectivity index (χ2v) is 5.12. The lowest BCUT2D eigenvalue weighted by molar-refractivity contribution is -0.117. The Morgan fingerprint density at radius 3 is 2.79 bits per heavy atom. The molecule has 1 aliphatic heterocycles. The molecule has 1 amide bonds. The summed E-state index contributed by atoms with van der Waals surface area (Å²) >= 11 is 0. The van der Waals surface area contributed by atoms with E-state index in [1.807, 2.05) is 24.3 Å². The largest absolute Gasteiger partial charge is 0.326 e. The third kappa shape index (κ3) is 3.78. The molecule has 0 aliphatic carbocycles. The summed E-state index contributed by atoms with van der Waals surface area (Å²) in [6.45, 7) is 4.25. The summed E-state index contributed by atoms with van der Waals surface area (Å²) in [5.74, 6) is 0.0702. The second-order valence-electron chi connectivity index (χ2n) is 5.12. The van der Waals surface area contributed by atoms with Crippen LogP contribution < -0.4 is 11.1 Å². The van der Waals surface area contributed by atoms with Crippen LogP contribution >= 0.6 is 0 Å². The molecule has 0 spiro atoms. The van der Waals surface area contributed by atoms with Crippen molar-refractivity contribution in [1.29, 1.82) is 0 Å². The number of nitrogens with zero attached hydrogens (tertiary/aromatic N) is 1. The van der Waals surface area contributed by atoms with Gasteiger partial charge in [-0.1, -0.05) is 19.1 Å². The Balaban J connectivity index is 1.86. The van der Waals surface area contributed by atoms with Crippen molar-refractivity contribution in [3.8, 4) is 0 Å². The van der Waals surface area contributed by atoms with E-state index in [-0.39, 0.29) is 5.91 Å². The van der Waals surface area contributed by atoms with E-state index < -0.39 is 0 Å². The van der Waals surface area contributed by atoms with E-state index in [2.05, 4.69) is 17.1 Å². The third-order valence-corrected chi connectivity index (χ3v) is 3.79. The molecule has 0 saturated carbocycles. The van der Waals surface area contributed by atoms with Gasteiger partial charge in [-0.15, -0.1) is 0 Å². The fraction of sp³-hybridized carbons (Fsp3) is 0.533. The molecule has 0 radical (unpaired) electrons. The van der Waals surface area contributed by atoms with E-state index in [0.29, 0.717) is 19.1 Å². The Labute approximate surface area is 115 Å². The van der Waals surface area contributed by atoms with Crippen LogP contribution in [0.4, 0.5) is 5.69 Å². The van der Waals surface area contributed by atoms with Gasteiger partial charge in [0.2, 0.25) is 5.91 Å². The van der Waals surface area contributed by atoms with Gasteiger partial charge in [0.05, 0.1) is 6.54 Å². The molecule has 3 N–H and O–H groups in total. The van der Waals surface area contributed by atoms with E-state index in [9.17, 15) is 4.79 Å². The Kier molecular flexibility index (Phi) is 4.93. The van der Waals surface area contributed by atoms with E-state index >= 15 is 0 Å². The first kappa shape index (κ1) is 14.0.